The molecule has 20 heavy (non-hydrogen) atoms. The highest BCUT2D eigenvalue weighted by Crippen LogP contribution is 2.27. The number of aryl methyl sites for hydroxylation is 3. The van der Waals surface area contributed by atoms with E-state index in [1.807, 2.05) is 35.3 Å². The molecule has 0 atom stereocenters. The minimum Gasteiger partial charge on any atom is -0.290 e. The smallest absolute Gasteiger partial charge is 0.137 e. The summed E-state index contributed by atoms with van der Waals surface area (Å²) in [6.07, 6.45) is 5.64. The highest BCUT2D eigenvalue weighted by atomic mass is 15.1. The van der Waals surface area contributed by atoms with Crippen molar-refractivity contribution in [3.05, 3.63) is 65.7 Å². The van der Waals surface area contributed by atoms with Gasteiger partial charge in [0, 0.05) is 18.0 Å². The zero-order valence-corrected chi connectivity index (χ0v) is 12.0. The molecule has 0 saturated heterocycles. The minimum atomic E-state index is 0.883. The van der Waals surface area contributed by atoms with Crippen LogP contribution in [0.3, 0.4) is 0 Å². The first-order valence-electron chi connectivity index (χ1n) is 6.69. The van der Waals surface area contributed by atoms with Crippen molar-refractivity contribution in [2.75, 3.05) is 0 Å². The fourth-order valence-corrected chi connectivity index (χ4v) is 2.67. The summed E-state index contributed by atoms with van der Waals surface area (Å²) in [6, 6.07) is 10.3. The number of benzene rings is 1. The van der Waals surface area contributed by atoms with E-state index in [4.69, 9.17) is 0 Å². The molecule has 0 spiro atoms. The number of imidazole rings is 1. The number of pyridine rings is 1. The molecule has 0 unspecified atom stereocenters. The summed E-state index contributed by atoms with van der Waals surface area (Å²) in [5.74, 6) is 0.883. The van der Waals surface area contributed by atoms with Gasteiger partial charge in [-0.1, -0.05) is 23.8 Å². The van der Waals surface area contributed by atoms with E-state index in [-0.39, 0.29) is 0 Å². The lowest BCUT2D eigenvalue weighted by atomic mass is 9.98. The van der Waals surface area contributed by atoms with Crippen LogP contribution in [0.1, 0.15) is 16.7 Å². The van der Waals surface area contributed by atoms with Gasteiger partial charge in [0.15, 0.2) is 0 Å². The summed E-state index contributed by atoms with van der Waals surface area (Å²) >= 11 is 0. The molecule has 3 nitrogen and oxygen atoms in total. The molecule has 3 rings (SSSR count). The van der Waals surface area contributed by atoms with Gasteiger partial charge in [0.1, 0.15) is 12.1 Å². The van der Waals surface area contributed by atoms with Crippen molar-refractivity contribution < 1.29 is 0 Å². The number of hydrogen-bond donors (Lipinski definition) is 0. The fraction of sp³-hybridized carbons (Fsp3) is 0.176. The van der Waals surface area contributed by atoms with Gasteiger partial charge in [0.05, 0.1) is 5.69 Å². The molecule has 0 aliphatic carbocycles. The van der Waals surface area contributed by atoms with Crippen LogP contribution >= 0.6 is 0 Å². The summed E-state index contributed by atoms with van der Waals surface area (Å²) in [7, 11) is 0. The largest absolute Gasteiger partial charge is 0.290 e. The van der Waals surface area contributed by atoms with Crippen molar-refractivity contribution in [1.82, 2.24) is 14.5 Å². The van der Waals surface area contributed by atoms with Gasteiger partial charge in [0.25, 0.3) is 0 Å². The number of rotatable bonds is 2. The zero-order valence-electron chi connectivity index (χ0n) is 12.0. The molecule has 3 heteroatoms. The molecule has 0 N–H and O–H groups in total. The van der Waals surface area contributed by atoms with Gasteiger partial charge in [-0.2, -0.15) is 0 Å². The Morgan fingerprint density at radius 2 is 1.70 bits per heavy atom. The van der Waals surface area contributed by atoms with Crippen molar-refractivity contribution >= 4 is 0 Å². The zero-order chi connectivity index (χ0) is 14.1. The van der Waals surface area contributed by atoms with Gasteiger partial charge in [-0.25, -0.2) is 9.97 Å². The second-order valence-electron chi connectivity index (χ2n) is 5.13. The predicted molar refractivity (Wildman–Crippen MR) is 81.0 cm³/mol. The van der Waals surface area contributed by atoms with E-state index in [0.29, 0.717) is 0 Å². The average molecular weight is 263 g/mol. The van der Waals surface area contributed by atoms with Gasteiger partial charge in [0.2, 0.25) is 0 Å². The lowest BCUT2D eigenvalue weighted by Gasteiger charge is -2.08. The van der Waals surface area contributed by atoms with E-state index >= 15 is 0 Å². The van der Waals surface area contributed by atoms with Crippen molar-refractivity contribution in [1.29, 1.82) is 0 Å². The van der Waals surface area contributed by atoms with E-state index in [9.17, 15) is 0 Å². The second kappa shape index (κ2) is 4.93. The van der Waals surface area contributed by atoms with Crippen LogP contribution < -0.4 is 0 Å². The van der Waals surface area contributed by atoms with Crippen molar-refractivity contribution in [3.63, 3.8) is 0 Å². The van der Waals surface area contributed by atoms with E-state index in [1.54, 1.807) is 6.20 Å². The van der Waals surface area contributed by atoms with Crippen LogP contribution in [0.5, 0.6) is 0 Å². The lowest BCUT2D eigenvalue weighted by Crippen LogP contribution is -1.93. The van der Waals surface area contributed by atoms with Crippen LogP contribution in [0.4, 0.5) is 0 Å². The van der Waals surface area contributed by atoms with Gasteiger partial charge >= 0.3 is 0 Å². The standard InChI is InChI=1S/C17H17N3/c1-12-8-13(2)17(14(3)9-12)15-10-20(11-19-15)16-6-4-5-7-18-16/h4-11H,1-3H3. The maximum absolute atomic E-state index is 4.54. The number of aromatic nitrogens is 3. The first-order chi connectivity index (χ1) is 9.65. The molecule has 0 saturated carbocycles. The Morgan fingerprint density at radius 3 is 2.35 bits per heavy atom. The van der Waals surface area contributed by atoms with Crippen LogP contribution in [0, 0.1) is 20.8 Å². The van der Waals surface area contributed by atoms with Crippen LogP contribution in [0.15, 0.2) is 49.1 Å². The van der Waals surface area contributed by atoms with Crippen LogP contribution in [0.2, 0.25) is 0 Å². The molecule has 100 valence electrons. The number of hydrogen-bond acceptors (Lipinski definition) is 2. The Labute approximate surface area is 118 Å². The van der Waals surface area contributed by atoms with Gasteiger partial charge in [-0.3, -0.25) is 4.57 Å². The quantitative estimate of drug-likeness (QED) is 0.703. The molecule has 0 fully saturated rings. The maximum atomic E-state index is 4.54. The molecule has 2 heterocycles. The predicted octanol–water partition coefficient (Wildman–Crippen LogP) is 3.86. The third-order valence-electron chi connectivity index (χ3n) is 3.43. The average Bonchev–Trinajstić information content (AvgIpc) is 2.88. The van der Waals surface area contributed by atoms with Crippen LogP contribution in [-0.2, 0) is 0 Å². The summed E-state index contributed by atoms with van der Waals surface area (Å²) in [6.45, 7) is 6.39. The SMILES string of the molecule is Cc1cc(C)c(-c2cn(-c3ccccn3)cn2)c(C)c1. The Morgan fingerprint density at radius 1 is 0.950 bits per heavy atom. The van der Waals surface area contributed by atoms with Gasteiger partial charge in [-0.05, 0) is 44.0 Å². The molecule has 3 aromatic rings. The highest BCUT2D eigenvalue weighted by molar-refractivity contribution is 5.68. The molecule has 0 amide bonds. The normalized spacial score (nSPS) is 10.8. The molecule has 0 aliphatic heterocycles. The lowest BCUT2D eigenvalue weighted by molar-refractivity contribution is 0.993. The van der Waals surface area contributed by atoms with Crippen molar-refractivity contribution in [2.45, 2.75) is 20.8 Å². The fourth-order valence-electron chi connectivity index (χ4n) is 2.67. The highest BCUT2D eigenvalue weighted by Gasteiger charge is 2.10. The Hall–Kier alpha value is -2.42. The van der Waals surface area contributed by atoms with E-state index < -0.39 is 0 Å². The maximum Gasteiger partial charge on any atom is 0.137 e. The topological polar surface area (TPSA) is 30.7 Å². The van der Waals surface area contributed by atoms with Crippen LogP contribution in [0.25, 0.3) is 17.1 Å². The third-order valence-corrected chi connectivity index (χ3v) is 3.43. The molecule has 0 aliphatic rings. The summed E-state index contributed by atoms with van der Waals surface area (Å²) in [4.78, 5) is 8.88. The minimum absolute atomic E-state index is 0.883. The van der Waals surface area contributed by atoms with E-state index in [1.165, 1.54) is 22.3 Å². The van der Waals surface area contributed by atoms with Gasteiger partial charge in [-0.15, -0.1) is 0 Å². The molecule has 1 aromatic carbocycles. The van der Waals surface area contributed by atoms with Crippen molar-refractivity contribution in [2.24, 2.45) is 0 Å². The summed E-state index contributed by atoms with van der Waals surface area (Å²) in [5, 5.41) is 0. The molecule has 0 bridgehead atoms. The second-order valence-corrected chi connectivity index (χ2v) is 5.13. The molecule has 0 radical (unpaired) electrons. The Bertz CT molecular complexity index is 719. The summed E-state index contributed by atoms with van der Waals surface area (Å²) < 4.78 is 1.95. The van der Waals surface area contributed by atoms with E-state index in [0.717, 1.165) is 11.5 Å². The number of nitrogens with zero attached hydrogens (tertiary/aromatic N) is 3. The molecular formula is C17H17N3. The van der Waals surface area contributed by atoms with Crippen LogP contribution in [-0.4, -0.2) is 14.5 Å². The molecule has 2 aromatic heterocycles. The Kier molecular flexibility index (Phi) is 3.11. The summed E-state index contributed by atoms with van der Waals surface area (Å²) in [5.41, 5.74) is 6.01. The van der Waals surface area contributed by atoms with Crippen molar-refractivity contribution in [3.8, 4) is 17.1 Å². The Balaban J connectivity index is 2.07. The molecular weight excluding hydrogens is 246 g/mol. The first kappa shape index (κ1) is 12.6. The first-order valence-corrected chi connectivity index (χ1v) is 6.69. The van der Waals surface area contributed by atoms with Gasteiger partial charge < -0.3 is 0 Å². The third kappa shape index (κ3) is 2.23. The van der Waals surface area contributed by atoms with E-state index in [2.05, 4.69) is 42.9 Å². The monoisotopic (exact) mass is 263 g/mol.